The van der Waals surface area contributed by atoms with Crippen molar-refractivity contribution in [2.24, 2.45) is 0 Å². The van der Waals surface area contributed by atoms with Gasteiger partial charge in [-0.3, -0.25) is 0 Å². The average molecular weight is 318 g/mol. The second-order valence-corrected chi connectivity index (χ2v) is 6.89. The first kappa shape index (κ1) is 14.9. The summed E-state index contributed by atoms with van der Waals surface area (Å²) in [4.78, 5) is 16.9. The predicted molar refractivity (Wildman–Crippen MR) is 84.8 cm³/mol. The number of morpholine rings is 1. The van der Waals surface area contributed by atoms with Gasteiger partial charge in [0.2, 0.25) is 0 Å². The summed E-state index contributed by atoms with van der Waals surface area (Å²) in [5, 5.41) is 0. The number of halogens is 1. The Hall–Kier alpha value is -1.62. The summed E-state index contributed by atoms with van der Waals surface area (Å²) in [6.07, 6.45) is 4.19. The first-order chi connectivity index (χ1) is 11.2. The second kappa shape index (κ2) is 6.11. The smallest absolute Gasteiger partial charge is 0.320 e. The number of rotatable bonds is 1. The molecule has 5 heteroatoms. The van der Waals surface area contributed by atoms with Gasteiger partial charge in [-0.2, -0.15) is 0 Å². The number of fused-ring (bicyclic) bond motifs is 2. The van der Waals surface area contributed by atoms with Crippen molar-refractivity contribution in [1.82, 2.24) is 9.80 Å². The van der Waals surface area contributed by atoms with E-state index < -0.39 is 0 Å². The molecule has 0 unspecified atom stereocenters. The Balaban J connectivity index is 1.47. The molecule has 124 valence electrons. The molecule has 0 aromatic heterocycles. The number of piperidine rings is 1. The van der Waals surface area contributed by atoms with Gasteiger partial charge in [-0.25, -0.2) is 9.18 Å². The summed E-state index contributed by atoms with van der Waals surface area (Å²) in [6, 6.07) is 7.75. The molecule has 0 aliphatic carbocycles. The van der Waals surface area contributed by atoms with Gasteiger partial charge in [0.05, 0.1) is 13.2 Å². The zero-order valence-electron chi connectivity index (χ0n) is 13.3. The highest BCUT2D eigenvalue weighted by Gasteiger charge is 2.44. The van der Waals surface area contributed by atoms with Crippen LogP contribution in [0.3, 0.4) is 0 Å². The summed E-state index contributed by atoms with van der Waals surface area (Å²) in [6.45, 7) is 2.70. The molecule has 0 radical (unpaired) electrons. The predicted octanol–water partition coefficient (Wildman–Crippen LogP) is 2.99. The number of amides is 2. The minimum atomic E-state index is -0.184. The Bertz CT molecular complexity index is 557. The molecular weight excluding hydrogens is 295 g/mol. The third-order valence-electron chi connectivity index (χ3n) is 5.58. The van der Waals surface area contributed by atoms with Crippen molar-refractivity contribution in [3.63, 3.8) is 0 Å². The van der Waals surface area contributed by atoms with Crippen LogP contribution in [0.2, 0.25) is 0 Å². The summed E-state index contributed by atoms with van der Waals surface area (Å²) in [5.74, 6) is 0.262. The lowest BCUT2D eigenvalue weighted by molar-refractivity contribution is 0.0331. The normalized spacial score (nSPS) is 30.6. The summed E-state index contributed by atoms with van der Waals surface area (Å²) in [7, 11) is 0. The average Bonchev–Trinajstić information content (AvgIpc) is 2.85. The van der Waals surface area contributed by atoms with Gasteiger partial charge in [0.25, 0.3) is 0 Å². The minimum absolute atomic E-state index is 0.184. The van der Waals surface area contributed by atoms with Crippen LogP contribution in [0.1, 0.15) is 37.2 Å². The quantitative estimate of drug-likeness (QED) is 0.797. The summed E-state index contributed by atoms with van der Waals surface area (Å²) < 4.78 is 18.5. The Morgan fingerprint density at radius 1 is 1.04 bits per heavy atom. The molecule has 2 amide bonds. The van der Waals surface area contributed by atoms with Crippen LogP contribution in [-0.2, 0) is 4.74 Å². The second-order valence-electron chi connectivity index (χ2n) is 6.89. The lowest BCUT2D eigenvalue weighted by Gasteiger charge is -2.42. The first-order valence-corrected chi connectivity index (χ1v) is 8.63. The maximum absolute atomic E-state index is 13.1. The SMILES string of the molecule is O=C(N1CCOCC1)N1[C@@H]2CC[C@@H]1CC(c1ccc(F)cc1)C2. The van der Waals surface area contributed by atoms with Crippen LogP contribution >= 0.6 is 0 Å². The van der Waals surface area contributed by atoms with Crippen LogP contribution in [0, 0.1) is 5.82 Å². The van der Waals surface area contributed by atoms with E-state index in [-0.39, 0.29) is 11.8 Å². The molecule has 3 saturated heterocycles. The van der Waals surface area contributed by atoms with Crippen LogP contribution in [0.4, 0.5) is 9.18 Å². The molecule has 1 aromatic rings. The maximum Gasteiger partial charge on any atom is 0.320 e. The molecule has 0 N–H and O–H groups in total. The fourth-order valence-corrected chi connectivity index (χ4v) is 4.41. The van der Waals surface area contributed by atoms with Crippen molar-refractivity contribution in [3.05, 3.63) is 35.6 Å². The third kappa shape index (κ3) is 2.82. The standard InChI is InChI=1S/C18H23FN2O2/c19-15-3-1-13(2-4-15)14-11-16-5-6-17(12-14)21(16)18(22)20-7-9-23-10-8-20/h1-4,14,16-17H,5-12H2/t16-,17-/m1/s1. The van der Waals surface area contributed by atoms with Gasteiger partial charge in [0, 0.05) is 25.2 Å². The van der Waals surface area contributed by atoms with Gasteiger partial charge >= 0.3 is 6.03 Å². The highest BCUT2D eigenvalue weighted by atomic mass is 19.1. The van der Waals surface area contributed by atoms with Gasteiger partial charge in [-0.1, -0.05) is 12.1 Å². The monoisotopic (exact) mass is 318 g/mol. The molecule has 1 aromatic carbocycles. The van der Waals surface area contributed by atoms with Crippen molar-refractivity contribution in [1.29, 1.82) is 0 Å². The Morgan fingerprint density at radius 2 is 1.65 bits per heavy atom. The van der Waals surface area contributed by atoms with Gasteiger partial charge in [0.1, 0.15) is 5.82 Å². The summed E-state index contributed by atoms with van der Waals surface area (Å²) >= 11 is 0. The fourth-order valence-electron chi connectivity index (χ4n) is 4.41. The van der Waals surface area contributed by atoms with E-state index in [1.165, 1.54) is 5.56 Å². The van der Waals surface area contributed by atoms with Gasteiger partial charge in [-0.05, 0) is 49.3 Å². The third-order valence-corrected chi connectivity index (χ3v) is 5.58. The minimum Gasteiger partial charge on any atom is -0.378 e. The first-order valence-electron chi connectivity index (χ1n) is 8.63. The molecular formula is C18H23FN2O2. The molecule has 2 atom stereocenters. The van der Waals surface area contributed by atoms with Crippen LogP contribution in [-0.4, -0.2) is 54.2 Å². The lowest BCUT2D eigenvalue weighted by atomic mass is 9.85. The van der Waals surface area contributed by atoms with Crippen molar-refractivity contribution in [2.45, 2.75) is 43.7 Å². The molecule has 0 saturated carbocycles. The molecule has 3 aliphatic rings. The zero-order valence-corrected chi connectivity index (χ0v) is 13.3. The van der Waals surface area contributed by atoms with Crippen LogP contribution < -0.4 is 0 Å². The number of ether oxygens (including phenoxy) is 1. The van der Waals surface area contributed by atoms with Crippen LogP contribution in [0.15, 0.2) is 24.3 Å². The van der Waals surface area contributed by atoms with Crippen LogP contribution in [0.25, 0.3) is 0 Å². The molecule has 4 nitrogen and oxygen atoms in total. The molecule has 4 rings (SSSR count). The Morgan fingerprint density at radius 3 is 2.26 bits per heavy atom. The fraction of sp³-hybridized carbons (Fsp3) is 0.611. The van der Waals surface area contributed by atoms with Crippen LogP contribution in [0.5, 0.6) is 0 Å². The van der Waals surface area contributed by atoms with Gasteiger partial charge in [-0.15, -0.1) is 0 Å². The number of hydrogen-bond acceptors (Lipinski definition) is 2. The van der Waals surface area contributed by atoms with Crippen molar-refractivity contribution < 1.29 is 13.9 Å². The van der Waals surface area contributed by atoms with Gasteiger partial charge < -0.3 is 14.5 Å². The van der Waals surface area contributed by atoms with E-state index in [4.69, 9.17) is 4.74 Å². The van der Waals surface area contributed by atoms with E-state index in [0.29, 0.717) is 44.3 Å². The molecule has 3 fully saturated rings. The molecule has 3 heterocycles. The van der Waals surface area contributed by atoms with E-state index in [9.17, 15) is 9.18 Å². The zero-order chi connectivity index (χ0) is 15.8. The van der Waals surface area contributed by atoms with Crippen molar-refractivity contribution in [2.75, 3.05) is 26.3 Å². The van der Waals surface area contributed by atoms with Gasteiger partial charge in [0.15, 0.2) is 0 Å². The number of hydrogen-bond donors (Lipinski definition) is 0. The Labute approximate surface area is 136 Å². The van der Waals surface area contributed by atoms with Crippen molar-refractivity contribution >= 4 is 6.03 Å². The van der Waals surface area contributed by atoms with E-state index in [1.54, 1.807) is 12.1 Å². The topological polar surface area (TPSA) is 32.8 Å². The van der Waals surface area contributed by atoms with E-state index in [1.807, 2.05) is 17.0 Å². The maximum atomic E-state index is 13.1. The molecule has 23 heavy (non-hydrogen) atoms. The number of nitrogens with zero attached hydrogens (tertiary/aromatic N) is 2. The summed E-state index contributed by atoms with van der Waals surface area (Å²) in [5.41, 5.74) is 1.21. The van der Waals surface area contributed by atoms with E-state index in [0.717, 1.165) is 25.7 Å². The number of carbonyl (C=O) groups is 1. The number of urea groups is 1. The number of benzene rings is 1. The lowest BCUT2D eigenvalue weighted by Crippen LogP contribution is -2.54. The molecule has 0 spiro atoms. The van der Waals surface area contributed by atoms with E-state index in [2.05, 4.69) is 4.90 Å². The highest BCUT2D eigenvalue weighted by Crippen LogP contribution is 2.43. The molecule has 2 bridgehead atoms. The highest BCUT2D eigenvalue weighted by molar-refractivity contribution is 5.76. The largest absolute Gasteiger partial charge is 0.378 e. The van der Waals surface area contributed by atoms with E-state index >= 15 is 0 Å². The molecule has 3 aliphatic heterocycles. The van der Waals surface area contributed by atoms with Crippen molar-refractivity contribution in [3.8, 4) is 0 Å². The number of carbonyl (C=O) groups excluding carboxylic acids is 1. The Kier molecular flexibility index (Phi) is 3.97.